The van der Waals surface area contributed by atoms with Crippen molar-refractivity contribution in [3.05, 3.63) is 47.5 Å². The second kappa shape index (κ2) is 5.76. The standard InChI is InChI=1S/C14H15F2NO/c15-12-7-4-8-13(16)11(12)9-17-14(18)10-5-2-1-3-6-10/h1-2,4,7-8,10H,3,5-6,9H2,(H,17,18). The van der Waals surface area contributed by atoms with E-state index in [1.807, 2.05) is 12.2 Å². The number of carbonyl (C=O) groups excluding carboxylic acids is 1. The number of halogens is 2. The highest BCUT2D eigenvalue weighted by atomic mass is 19.1. The molecular weight excluding hydrogens is 236 g/mol. The molecule has 0 saturated carbocycles. The van der Waals surface area contributed by atoms with Gasteiger partial charge in [0.2, 0.25) is 5.91 Å². The highest BCUT2D eigenvalue weighted by molar-refractivity contribution is 5.78. The summed E-state index contributed by atoms with van der Waals surface area (Å²) in [6, 6.07) is 3.68. The van der Waals surface area contributed by atoms with Crippen LogP contribution in [-0.2, 0) is 11.3 Å². The average molecular weight is 251 g/mol. The van der Waals surface area contributed by atoms with E-state index in [0.29, 0.717) is 6.42 Å². The van der Waals surface area contributed by atoms with Gasteiger partial charge in [0.15, 0.2) is 0 Å². The summed E-state index contributed by atoms with van der Waals surface area (Å²) in [7, 11) is 0. The fourth-order valence-electron chi connectivity index (χ4n) is 2.05. The van der Waals surface area contributed by atoms with E-state index in [1.165, 1.54) is 18.2 Å². The molecule has 0 heterocycles. The molecule has 0 aliphatic heterocycles. The SMILES string of the molecule is O=C(NCc1c(F)cccc1F)C1CC=CCC1. The van der Waals surface area contributed by atoms with Crippen molar-refractivity contribution in [2.45, 2.75) is 25.8 Å². The molecule has 0 radical (unpaired) electrons. The lowest BCUT2D eigenvalue weighted by atomic mass is 9.93. The highest BCUT2D eigenvalue weighted by Crippen LogP contribution is 2.18. The molecule has 0 fully saturated rings. The Labute approximate surface area is 105 Å². The third kappa shape index (κ3) is 2.94. The van der Waals surface area contributed by atoms with Crippen LogP contribution in [0.1, 0.15) is 24.8 Å². The monoisotopic (exact) mass is 251 g/mol. The fraction of sp³-hybridized carbons (Fsp3) is 0.357. The Bertz CT molecular complexity index is 451. The van der Waals surface area contributed by atoms with E-state index in [0.717, 1.165) is 12.8 Å². The largest absolute Gasteiger partial charge is 0.352 e. The molecule has 0 aromatic heterocycles. The number of carbonyl (C=O) groups is 1. The molecule has 1 unspecified atom stereocenters. The van der Waals surface area contributed by atoms with Gasteiger partial charge in [-0.1, -0.05) is 18.2 Å². The zero-order valence-electron chi connectivity index (χ0n) is 9.96. The Balaban J connectivity index is 1.95. The van der Waals surface area contributed by atoms with Gasteiger partial charge >= 0.3 is 0 Å². The van der Waals surface area contributed by atoms with Crippen molar-refractivity contribution in [2.75, 3.05) is 0 Å². The predicted octanol–water partition coefficient (Wildman–Crippen LogP) is 2.94. The van der Waals surface area contributed by atoms with E-state index in [-0.39, 0.29) is 23.9 Å². The van der Waals surface area contributed by atoms with Crippen LogP contribution in [0.15, 0.2) is 30.4 Å². The summed E-state index contributed by atoms with van der Waals surface area (Å²) in [6.45, 7) is -0.0996. The van der Waals surface area contributed by atoms with Crippen LogP contribution in [0.2, 0.25) is 0 Å². The lowest BCUT2D eigenvalue weighted by Crippen LogP contribution is -2.31. The van der Waals surface area contributed by atoms with Crippen LogP contribution in [-0.4, -0.2) is 5.91 Å². The minimum atomic E-state index is -0.626. The second-order valence-corrected chi connectivity index (χ2v) is 4.40. The van der Waals surface area contributed by atoms with Gasteiger partial charge < -0.3 is 5.32 Å². The first-order chi connectivity index (χ1) is 8.68. The van der Waals surface area contributed by atoms with Crippen molar-refractivity contribution in [2.24, 2.45) is 5.92 Å². The maximum Gasteiger partial charge on any atom is 0.223 e. The van der Waals surface area contributed by atoms with Crippen LogP contribution in [0.3, 0.4) is 0 Å². The van der Waals surface area contributed by atoms with E-state index in [4.69, 9.17) is 0 Å². The first-order valence-electron chi connectivity index (χ1n) is 6.04. The summed E-state index contributed by atoms with van der Waals surface area (Å²) in [4.78, 5) is 11.8. The zero-order valence-corrected chi connectivity index (χ0v) is 9.96. The van der Waals surface area contributed by atoms with Crippen LogP contribution in [0.5, 0.6) is 0 Å². The zero-order chi connectivity index (χ0) is 13.0. The minimum Gasteiger partial charge on any atom is -0.352 e. The van der Waals surface area contributed by atoms with Crippen LogP contribution < -0.4 is 5.32 Å². The van der Waals surface area contributed by atoms with Crippen LogP contribution in [0.25, 0.3) is 0 Å². The topological polar surface area (TPSA) is 29.1 Å². The number of hydrogen-bond donors (Lipinski definition) is 1. The number of allylic oxidation sites excluding steroid dienone is 2. The first kappa shape index (κ1) is 12.7. The molecule has 1 aliphatic rings. The Hall–Kier alpha value is -1.71. The molecule has 18 heavy (non-hydrogen) atoms. The molecule has 0 spiro atoms. The van der Waals surface area contributed by atoms with Crippen LogP contribution in [0, 0.1) is 17.6 Å². The summed E-state index contributed by atoms with van der Waals surface area (Å²) < 4.78 is 26.7. The van der Waals surface area contributed by atoms with Gasteiger partial charge in [-0.3, -0.25) is 4.79 Å². The Morgan fingerprint density at radius 2 is 2.00 bits per heavy atom. The molecule has 1 atom stereocenters. The summed E-state index contributed by atoms with van der Waals surface area (Å²) >= 11 is 0. The van der Waals surface area contributed by atoms with Crippen molar-refractivity contribution in [1.82, 2.24) is 5.32 Å². The number of benzene rings is 1. The van der Waals surface area contributed by atoms with Gasteiger partial charge in [0.05, 0.1) is 0 Å². The molecule has 0 bridgehead atoms. The second-order valence-electron chi connectivity index (χ2n) is 4.40. The lowest BCUT2D eigenvalue weighted by molar-refractivity contribution is -0.125. The number of amides is 1. The molecular formula is C14H15F2NO. The third-order valence-corrected chi connectivity index (χ3v) is 3.14. The Kier molecular flexibility index (Phi) is 4.07. The molecule has 1 aliphatic carbocycles. The average Bonchev–Trinajstić information content (AvgIpc) is 2.39. The highest BCUT2D eigenvalue weighted by Gasteiger charge is 2.19. The van der Waals surface area contributed by atoms with E-state index < -0.39 is 11.6 Å². The Morgan fingerprint density at radius 1 is 1.28 bits per heavy atom. The Morgan fingerprint density at radius 3 is 2.61 bits per heavy atom. The molecule has 2 rings (SSSR count). The van der Waals surface area contributed by atoms with Gasteiger partial charge in [-0.25, -0.2) is 8.78 Å². The molecule has 2 nitrogen and oxygen atoms in total. The molecule has 4 heteroatoms. The van der Waals surface area contributed by atoms with Crippen molar-refractivity contribution < 1.29 is 13.6 Å². The molecule has 96 valence electrons. The van der Waals surface area contributed by atoms with Crippen molar-refractivity contribution in [1.29, 1.82) is 0 Å². The van der Waals surface area contributed by atoms with Gasteiger partial charge in [-0.15, -0.1) is 0 Å². The maximum absolute atomic E-state index is 13.3. The van der Waals surface area contributed by atoms with Gasteiger partial charge in [0, 0.05) is 18.0 Å². The summed E-state index contributed by atoms with van der Waals surface area (Å²) in [6.07, 6.45) is 6.39. The quantitative estimate of drug-likeness (QED) is 0.822. The molecule has 1 N–H and O–H groups in total. The minimum absolute atomic E-state index is 0.0789. The van der Waals surface area contributed by atoms with Crippen LogP contribution >= 0.6 is 0 Å². The number of rotatable bonds is 3. The van der Waals surface area contributed by atoms with Gasteiger partial charge in [-0.2, -0.15) is 0 Å². The number of hydrogen-bond acceptors (Lipinski definition) is 1. The van der Waals surface area contributed by atoms with Gasteiger partial charge in [-0.05, 0) is 31.4 Å². The van der Waals surface area contributed by atoms with E-state index in [1.54, 1.807) is 0 Å². The van der Waals surface area contributed by atoms with E-state index in [2.05, 4.69) is 5.32 Å². The third-order valence-electron chi connectivity index (χ3n) is 3.14. The smallest absolute Gasteiger partial charge is 0.223 e. The van der Waals surface area contributed by atoms with E-state index in [9.17, 15) is 13.6 Å². The summed E-state index contributed by atoms with van der Waals surface area (Å²) in [5.41, 5.74) is -0.0859. The molecule has 0 saturated heterocycles. The maximum atomic E-state index is 13.3. The molecule has 1 aromatic rings. The van der Waals surface area contributed by atoms with Gasteiger partial charge in [0.25, 0.3) is 0 Å². The lowest BCUT2D eigenvalue weighted by Gasteiger charge is -2.17. The number of nitrogens with one attached hydrogen (secondary N) is 1. The normalized spacial score (nSPS) is 18.7. The van der Waals surface area contributed by atoms with Crippen molar-refractivity contribution in [3.63, 3.8) is 0 Å². The fourth-order valence-corrected chi connectivity index (χ4v) is 2.05. The van der Waals surface area contributed by atoms with Crippen molar-refractivity contribution >= 4 is 5.91 Å². The van der Waals surface area contributed by atoms with E-state index >= 15 is 0 Å². The molecule has 1 amide bonds. The molecule has 1 aromatic carbocycles. The predicted molar refractivity (Wildman–Crippen MR) is 64.7 cm³/mol. The first-order valence-corrected chi connectivity index (χ1v) is 6.04. The van der Waals surface area contributed by atoms with Crippen LogP contribution in [0.4, 0.5) is 8.78 Å². The van der Waals surface area contributed by atoms with Crippen molar-refractivity contribution in [3.8, 4) is 0 Å². The van der Waals surface area contributed by atoms with Gasteiger partial charge in [0.1, 0.15) is 11.6 Å². The summed E-state index contributed by atoms with van der Waals surface area (Å²) in [5, 5.41) is 2.60. The summed E-state index contributed by atoms with van der Waals surface area (Å²) in [5.74, 6) is -1.47.